The van der Waals surface area contributed by atoms with Crippen LogP contribution in [0.25, 0.3) is 22.1 Å². The van der Waals surface area contributed by atoms with Crippen molar-refractivity contribution in [2.24, 2.45) is 0 Å². The summed E-state index contributed by atoms with van der Waals surface area (Å²) in [5.74, 6) is -1.01. The van der Waals surface area contributed by atoms with Gasteiger partial charge in [-0.2, -0.15) is 0 Å². The summed E-state index contributed by atoms with van der Waals surface area (Å²) in [6.45, 7) is -0.827. The number of benzene rings is 2. The molecule has 2 aromatic carbocycles. The number of hydrogen-bond acceptors (Lipinski definition) is 15. The molecule has 1 saturated heterocycles. The number of phosphoric ester groups is 2. The first-order valence-electron chi connectivity index (χ1n) is 10.6. The number of hydrogen-bond donors (Lipinski definition) is 4. The summed E-state index contributed by atoms with van der Waals surface area (Å²) in [7, 11) is -11.0. The molecule has 42 heavy (non-hydrogen) atoms. The van der Waals surface area contributed by atoms with Gasteiger partial charge < -0.3 is 67.3 Å². The molecule has 0 aliphatic carbocycles. The second-order valence-corrected chi connectivity index (χ2v) is 10.3. The number of fused-ring (bicyclic) bond motifs is 1. The molecule has 3 aromatic rings. The molecule has 21 heteroatoms. The molecule has 15 nitrogen and oxygen atoms in total. The molecule has 2 heterocycles. The van der Waals surface area contributed by atoms with Crippen molar-refractivity contribution in [3.05, 3.63) is 58.4 Å². The smallest absolute Gasteiger partial charge is 0.780 e. The number of rotatable bonds is 7. The molecule has 1 aliphatic rings. The molecular weight excluding hydrogens is 646 g/mol. The van der Waals surface area contributed by atoms with Crippen LogP contribution in [-0.4, -0.2) is 51.4 Å². The minimum Gasteiger partial charge on any atom is -0.780 e. The third-order valence-electron chi connectivity index (χ3n) is 5.71. The number of phosphoric acid groups is 2. The standard InChI is InChI=1S/C21H22O15P2.4Na/c22-7-14-17(24)18(25)19(26)21(34-14)15-13(36-38(30,31)32)6-5-11-16(23)12(8-33-20(11)15)9-1-3-10(4-2-9)35-37(27,28)29;;;;/h1-6,8,14,17-19,21-22,24-26H,7H2,(H2,27,28,29)(H2,30,31,32);;;;/q;4*+1/p-4/t14-,17-,18+,19-,21+;;;;/m1..../s1. The molecule has 0 saturated carbocycles. The predicted molar refractivity (Wildman–Crippen MR) is 117 cm³/mol. The Labute approximate surface area is 326 Å². The van der Waals surface area contributed by atoms with Gasteiger partial charge in [0.25, 0.3) is 0 Å². The van der Waals surface area contributed by atoms with Crippen molar-refractivity contribution >= 4 is 26.6 Å². The normalized spacial score (nSPS) is 22.0. The van der Waals surface area contributed by atoms with Crippen molar-refractivity contribution in [1.29, 1.82) is 0 Å². The Kier molecular flexibility index (Phi) is 18.0. The topological polar surface area (TPSA) is 265 Å². The van der Waals surface area contributed by atoms with Crippen molar-refractivity contribution in [3.63, 3.8) is 0 Å². The van der Waals surface area contributed by atoms with E-state index < -0.39 is 75.1 Å². The van der Waals surface area contributed by atoms with Crippen LogP contribution >= 0.6 is 15.6 Å². The number of aliphatic hydroxyl groups is 4. The van der Waals surface area contributed by atoms with Crippen molar-refractivity contribution in [1.82, 2.24) is 0 Å². The fraction of sp³-hybridized carbons (Fsp3) is 0.286. The van der Waals surface area contributed by atoms with Gasteiger partial charge in [-0.25, -0.2) is 0 Å². The largest absolute Gasteiger partial charge is 1.00 e. The van der Waals surface area contributed by atoms with E-state index >= 15 is 0 Å². The SMILES string of the molecule is O=c1c(-c2ccc(OP(=O)([O-])[O-])cc2)coc2c([C@@H]3O[C@H](CO)[C@@H](O)[C@H](O)[C@H]3O)c(OP(=O)([O-])[O-])ccc12.[Na+].[Na+].[Na+].[Na+]. The minimum atomic E-state index is -5.70. The first kappa shape index (κ1) is 43.4. The maximum absolute atomic E-state index is 13.3. The Hall–Kier alpha value is 1.35. The van der Waals surface area contributed by atoms with E-state index in [4.69, 9.17) is 9.15 Å². The van der Waals surface area contributed by atoms with Crippen LogP contribution in [-0.2, 0) is 13.9 Å². The number of ether oxygens (including phenoxy) is 1. The van der Waals surface area contributed by atoms with Crippen molar-refractivity contribution in [2.45, 2.75) is 30.5 Å². The zero-order valence-corrected chi connectivity index (χ0v) is 32.6. The molecule has 4 rings (SSSR count). The molecule has 0 bridgehead atoms. The first-order chi connectivity index (χ1) is 17.7. The van der Waals surface area contributed by atoms with Gasteiger partial charge >= 0.3 is 118 Å². The van der Waals surface area contributed by atoms with Crippen LogP contribution in [0.15, 0.2) is 51.9 Å². The Balaban J connectivity index is 0.00000420. The third-order valence-corrected chi connectivity index (χ3v) is 6.56. The van der Waals surface area contributed by atoms with E-state index in [1.54, 1.807) is 0 Å². The first-order valence-corrected chi connectivity index (χ1v) is 13.5. The summed E-state index contributed by atoms with van der Waals surface area (Å²) in [4.78, 5) is 57.6. The Bertz CT molecular complexity index is 1490. The summed E-state index contributed by atoms with van der Waals surface area (Å²) < 4.78 is 41.9. The van der Waals surface area contributed by atoms with Gasteiger partial charge in [0, 0.05) is 0 Å². The van der Waals surface area contributed by atoms with E-state index in [9.17, 15) is 53.9 Å². The average Bonchev–Trinajstić information content (AvgIpc) is 2.82. The monoisotopic (exact) mass is 664 g/mol. The summed E-state index contributed by atoms with van der Waals surface area (Å²) >= 11 is 0. The maximum Gasteiger partial charge on any atom is 1.00 e. The minimum absolute atomic E-state index is 0. The van der Waals surface area contributed by atoms with Crippen LogP contribution < -0.4 is 152 Å². The van der Waals surface area contributed by atoms with Crippen LogP contribution in [0.3, 0.4) is 0 Å². The van der Waals surface area contributed by atoms with Crippen LogP contribution in [0, 0.1) is 0 Å². The zero-order chi connectivity index (χ0) is 28.0. The van der Waals surface area contributed by atoms with Gasteiger partial charge in [0.2, 0.25) is 5.43 Å². The summed E-state index contributed by atoms with van der Waals surface area (Å²) in [6.07, 6.45) is -7.86. The molecule has 206 valence electrons. The van der Waals surface area contributed by atoms with Gasteiger partial charge in [-0.15, -0.1) is 0 Å². The molecule has 0 radical (unpaired) electrons. The molecular formula is C21H18Na4O15P2. The fourth-order valence-corrected chi connectivity index (χ4v) is 4.82. The zero-order valence-electron chi connectivity index (χ0n) is 22.8. The third kappa shape index (κ3) is 10.2. The molecule has 4 N–H and O–H groups in total. The summed E-state index contributed by atoms with van der Waals surface area (Å²) in [5, 5.41) is 40.1. The second-order valence-electron chi connectivity index (χ2n) is 8.18. The summed E-state index contributed by atoms with van der Waals surface area (Å²) in [5.41, 5.74) is -1.49. The van der Waals surface area contributed by atoms with Gasteiger partial charge in [0.15, 0.2) is 0 Å². The molecule has 0 amide bonds. The van der Waals surface area contributed by atoms with Gasteiger partial charge in [-0.1, -0.05) is 12.1 Å². The van der Waals surface area contributed by atoms with Crippen molar-refractivity contribution < 1.29 is 186 Å². The van der Waals surface area contributed by atoms with E-state index in [1.807, 2.05) is 0 Å². The quantitative estimate of drug-likeness (QED) is 0.135. The maximum atomic E-state index is 13.3. The van der Waals surface area contributed by atoms with E-state index in [2.05, 4.69) is 9.05 Å². The van der Waals surface area contributed by atoms with Crippen molar-refractivity contribution in [2.75, 3.05) is 6.61 Å². The van der Waals surface area contributed by atoms with E-state index in [0.29, 0.717) is 0 Å². The van der Waals surface area contributed by atoms with Gasteiger partial charge in [0.1, 0.15) is 69.5 Å². The van der Waals surface area contributed by atoms with Gasteiger partial charge in [0.05, 0.1) is 23.1 Å². The average molecular weight is 664 g/mol. The van der Waals surface area contributed by atoms with E-state index in [1.165, 1.54) is 12.1 Å². The Morgan fingerprint density at radius 3 is 1.90 bits per heavy atom. The number of aliphatic hydroxyl groups excluding tert-OH is 4. The molecule has 5 atom stereocenters. The predicted octanol–water partition coefficient (Wildman–Crippen LogP) is -14.6. The van der Waals surface area contributed by atoms with Crippen LogP contribution in [0.2, 0.25) is 0 Å². The van der Waals surface area contributed by atoms with Crippen LogP contribution in [0.1, 0.15) is 11.7 Å². The Morgan fingerprint density at radius 2 is 1.38 bits per heavy atom. The molecule has 1 aromatic heterocycles. The molecule has 0 unspecified atom stereocenters. The van der Waals surface area contributed by atoms with Gasteiger partial charge in [-0.05, 0) is 29.8 Å². The molecule has 1 aliphatic heterocycles. The fourth-order valence-electron chi connectivity index (χ4n) is 4.04. The second kappa shape index (κ2) is 17.5. The van der Waals surface area contributed by atoms with Crippen LogP contribution in [0.5, 0.6) is 11.5 Å². The van der Waals surface area contributed by atoms with Gasteiger partial charge in [-0.3, -0.25) is 4.79 Å². The van der Waals surface area contributed by atoms with E-state index in [0.717, 1.165) is 30.5 Å². The Morgan fingerprint density at radius 1 is 0.810 bits per heavy atom. The molecule has 0 spiro atoms. The van der Waals surface area contributed by atoms with E-state index in [-0.39, 0.29) is 140 Å². The summed E-state index contributed by atoms with van der Waals surface area (Å²) in [6, 6.07) is 6.70. The molecule has 1 fully saturated rings. The van der Waals surface area contributed by atoms with Crippen LogP contribution in [0.4, 0.5) is 0 Å². The van der Waals surface area contributed by atoms with Crippen molar-refractivity contribution in [3.8, 4) is 22.6 Å².